The van der Waals surface area contributed by atoms with Crippen LogP contribution in [0.5, 0.6) is 0 Å². The number of ketones is 1. The summed E-state index contributed by atoms with van der Waals surface area (Å²) in [6, 6.07) is 0. The van der Waals surface area contributed by atoms with Gasteiger partial charge in [0.1, 0.15) is 5.78 Å². The molecule has 0 aliphatic rings. The van der Waals surface area contributed by atoms with E-state index >= 15 is 0 Å². The molecule has 0 spiro atoms. The van der Waals surface area contributed by atoms with E-state index in [1.54, 1.807) is 6.92 Å². The Bertz CT molecular complexity index is 125. The van der Waals surface area contributed by atoms with Crippen molar-refractivity contribution in [2.24, 2.45) is 5.92 Å². The van der Waals surface area contributed by atoms with Gasteiger partial charge in [-0.3, -0.25) is 0 Å². The van der Waals surface area contributed by atoms with E-state index in [4.69, 9.17) is 0 Å². The number of carbonyl (C=O) groups excluding carboxylic acids is 1. The third kappa shape index (κ3) is 4.30. The van der Waals surface area contributed by atoms with Crippen LogP contribution in [-0.2, 0) is 4.79 Å². The van der Waals surface area contributed by atoms with Gasteiger partial charge in [0.05, 0.1) is 0 Å². The normalized spacial score (nSPS) is 13.9. The summed E-state index contributed by atoms with van der Waals surface area (Å²) in [5.74, 6) is 0.743. The molecule has 0 heterocycles. The molecule has 1 heteroatoms. The summed E-state index contributed by atoms with van der Waals surface area (Å²) in [6.45, 7) is 5.74. The molecule has 0 aromatic rings. The van der Waals surface area contributed by atoms with E-state index in [1.807, 2.05) is 13.0 Å². The lowest BCUT2D eigenvalue weighted by Gasteiger charge is -2.05. The van der Waals surface area contributed by atoms with Crippen molar-refractivity contribution in [1.82, 2.24) is 0 Å². The van der Waals surface area contributed by atoms with Crippen molar-refractivity contribution in [2.45, 2.75) is 33.6 Å². The summed E-state index contributed by atoms with van der Waals surface area (Å²) in [5.41, 5.74) is 0. The van der Waals surface area contributed by atoms with E-state index in [-0.39, 0.29) is 5.78 Å². The van der Waals surface area contributed by atoms with E-state index < -0.39 is 0 Å². The molecule has 1 nitrogen and oxygen atoms in total. The van der Waals surface area contributed by atoms with E-state index in [0.717, 1.165) is 6.42 Å². The van der Waals surface area contributed by atoms with Gasteiger partial charge in [-0.2, -0.15) is 0 Å². The van der Waals surface area contributed by atoms with Crippen LogP contribution in [0.25, 0.3) is 0 Å². The molecular formula is C9H16O. The fourth-order valence-electron chi connectivity index (χ4n) is 0.990. The Morgan fingerprint density at radius 1 is 1.60 bits per heavy atom. The topological polar surface area (TPSA) is 17.1 Å². The summed E-state index contributed by atoms with van der Waals surface area (Å²) in [4.78, 5) is 10.7. The minimum absolute atomic E-state index is 0.282. The second-order valence-electron chi connectivity index (χ2n) is 2.60. The van der Waals surface area contributed by atoms with Gasteiger partial charge in [0.2, 0.25) is 0 Å². The van der Waals surface area contributed by atoms with Crippen LogP contribution >= 0.6 is 0 Å². The molecule has 0 amide bonds. The quantitative estimate of drug-likeness (QED) is 0.548. The van der Waals surface area contributed by atoms with Gasteiger partial charge in [0.15, 0.2) is 0 Å². The third-order valence-corrected chi connectivity index (χ3v) is 1.54. The molecule has 0 aliphatic carbocycles. The molecule has 1 atom stereocenters. The van der Waals surface area contributed by atoms with Gasteiger partial charge in [-0.15, -0.1) is 0 Å². The van der Waals surface area contributed by atoms with Crippen LogP contribution in [0.2, 0.25) is 0 Å². The number of hydrogen-bond acceptors (Lipinski definition) is 1. The van der Waals surface area contributed by atoms with Crippen LogP contribution in [0.4, 0.5) is 0 Å². The maximum Gasteiger partial charge on any atom is 0.130 e. The van der Waals surface area contributed by atoms with Gasteiger partial charge in [-0.1, -0.05) is 19.1 Å². The standard InChI is InChI=1S/C9H16O/c1-4-6-9(5-2)7-8(3)10/h4,6,9H,5,7H2,1-3H3. The van der Waals surface area contributed by atoms with Gasteiger partial charge in [-0.05, 0) is 26.2 Å². The zero-order valence-electron chi connectivity index (χ0n) is 7.05. The molecular weight excluding hydrogens is 124 g/mol. The van der Waals surface area contributed by atoms with Crippen molar-refractivity contribution in [3.05, 3.63) is 12.2 Å². The minimum Gasteiger partial charge on any atom is -0.300 e. The summed E-state index contributed by atoms with van der Waals surface area (Å²) in [7, 11) is 0. The summed E-state index contributed by atoms with van der Waals surface area (Å²) in [5, 5.41) is 0. The van der Waals surface area contributed by atoms with Crippen LogP contribution in [0.3, 0.4) is 0 Å². The van der Waals surface area contributed by atoms with E-state index in [1.165, 1.54) is 0 Å². The molecule has 0 saturated heterocycles. The van der Waals surface area contributed by atoms with Crippen molar-refractivity contribution in [2.75, 3.05) is 0 Å². The summed E-state index contributed by atoms with van der Waals surface area (Å²) >= 11 is 0. The first-order valence-electron chi connectivity index (χ1n) is 3.83. The summed E-state index contributed by atoms with van der Waals surface area (Å²) in [6.07, 6.45) is 5.86. The fourth-order valence-corrected chi connectivity index (χ4v) is 0.990. The predicted octanol–water partition coefficient (Wildman–Crippen LogP) is 2.57. The van der Waals surface area contributed by atoms with Crippen molar-refractivity contribution in [3.63, 3.8) is 0 Å². The van der Waals surface area contributed by atoms with Gasteiger partial charge in [-0.25, -0.2) is 0 Å². The zero-order chi connectivity index (χ0) is 7.98. The first kappa shape index (κ1) is 9.41. The lowest BCUT2D eigenvalue weighted by molar-refractivity contribution is -0.117. The van der Waals surface area contributed by atoms with E-state index in [2.05, 4.69) is 13.0 Å². The summed E-state index contributed by atoms with van der Waals surface area (Å²) < 4.78 is 0. The Morgan fingerprint density at radius 3 is 2.50 bits per heavy atom. The SMILES string of the molecule is CC=CC(CC)CC(C)=O. The molecule has 0 aromatic heterocycles. The highest BCUT2D eigenvalue weighted by atomic mass is 16.1. The second-order valence-corrected chi connectivity index (χ2v) is 2.60. The molecule has 0 rings (SSSR count). The number of rotatable bonds is 4. The first-order chi connectivity index (χ1) is 4.70. The van der Waals surface area contributed by atoms with E-state index in [0.29, 0.717) is 12.3 Å². The van der Waals surface area contributed by atoms with Crippen molar-refractivity contribution in [3.8, 4) is 0 Å². The molecule has 58 valence electrons. The Hall–Kier alpha value is -0.590. The highest BCUT2D eigenvalue weighted by Crippen LogP contribution is 2.09. The average Bonchev–Trinajstić information content (AvgIpc) is 1.86. The van der Waals surface area contributed by atoms with Gasteiger partial charge in [0.25, 0.3) is 0 Å². The maximum absolute atomic E-state index is 10.7. The molecule has 0 aromatic carbocycles. The first-order valence-corrected chi connectivity index (χ1v) is 3.83. The lowest BCUT2D eigenvalue weighted by atomic mass is 10.00. The smallest absolute Gasteiger partial charge is 0.130 e. The molecule has 0 N–H and O–H groups in total. The van der Waals surface area contributed by atoms with Crippen LogP contribution in [-0.4, -0.2) is 5.78 Å². The monoisotopic (exact) mass is 140 g/mol. The Balaban J connectivity index is 3.71. The number of carbonyl (C=O) groups is 1. The fraction of sp³-hybridized carbons (Fsp3) is 0.667. The largest absolute Gasteiger partial charge is 0.300 e. The van der Waals surface area contributed by atoms with Crippen LogP contribution < -0.4 is 0 Å². The molecule has 1 unspecified atom stereocenters. The molecule has 0 aliphatic heterocycles. The number of hydrogen-bond donors (Lipinski definition) is 0. The number of allylic oxidation sites excluding steroid dienone is 2. The van der Waals surface area contributed by atoms with Crippen molar-refractivity contribution >= 4 is 5.78 Å². The Morgan fingerprint density at radius 2 is 2.20 bits per heavy atom. The minimum atomic E-state index is 0.282. The second kappa shape index (κ2) is 5.21. The molecule has 0 fully saturated rings. The molecule has 0 radical (unpaired) electrons. The highest BCUT2D eigenvalue weighted by molar-refractivity contribution is 5.75. The van der Waals surface area contributed by atoms with E-state index in [9.17, 15) is 4.79 Å². The molecule has 0 saturated carbocycles. The molecule has 0 bridgehead atoms. The number of Topliss-reactive ketones (excluding diaryl/α,β-unsaturated/α-hetero) is 1. The Kier molecular flexibility index (Phi) is 4.91. The lowest BCUT2D eigenvalue weighted by Crippen LogP contribution is -2.00. The molecule has 10 heavy (non-hydrogen) atoms. The predicted molar refractivity (Wildman–Crippen MR) is 43.9 cm³/mol. The van der Waals surface area contributed by atoms with Crippen molar-refractivity contribution < 1.29 is 4.79 Å². The van der Waals surface area contributed by atoms with Crippen molar-refractivity contribution in [1.29, 1.82) is 0 Å². The third-order valence-electron chi connectivity index (χ3n) is 1.54. The Labute approximate surface area is 63.1 Å². The van der Waals surface area contributed by atoms with Crippen LogP contribution in [0.1, 0.15) is 33.6 Å². The van der Waals surface area contributed by atoms with Gasteiger partial charge in [0, 0.05) is 6.42 Å². The highest BCUT2D eigenvalue weighted by Gasteiger charge is 2.03. The van der Waals surface area contributed by atoms with Crippen LogP contribution in [0, 0.1) is 5.92 Å². The van der Waals surface area contributed by atoms with Gasteiger partial charge < -0.3 is 4.79 Å². The maximum atomic E-state index is 10.7. The zero-order valence-corrected chi connectivity index (χ0v) is 7.05. The van der Waals surface area contributed by atoms with Crippen LogP contribution in [0.15, 0.2) is 12.2 Å². The average molecular weight is 140 g/mol. The van der Waals surface area contributed by atoms with Gasteiger partial charge >= 0.3 is 0 Å².